The highest BCUT2D eigenvalue weighted by atomic mass is 79.9. The molecule has 1 N–H and O–H groups in total. The van der Waals surface area contributed by atoms with E-state index in [1.165, 1.54) is 4.90 Å². The first-order valence-electron chi connectivity index (χ1n) is 6.80. The van der Waals surface area contributed by atoms with Crippen LogP contribution in [0.5, 0.6) is 0 Å². The molecule has 21 heavy (non-hydrogen) atoms. The van der Waals surface area contributed by atoms with Crippen molar-refractivity contribution in [1.82, 2.24) is 10.2 Å². The number of nitrogens with one attached hydrogen (secondary N) is 1. The molecular formula is C15H17BrN2O3. The van der Waals surface area contributed by atoms with Crippen LogP contribution in [0.2, 0.25) is 0 Å². The van der Waals surface area contributed by atoms with Crippen LogP contribution in [0, 0.1) is 0 Å². The van der Waals surface area contributed by atoms with E-state index in [9.17, 15) is 9.59 Å². The van der Waals surface area contributed by atoms with Crippen molar-refractivity contribution < 1.29 is 14.0 Å². The molecule has 0 spiro atoms. The average molecular weight is 353 g/mol. The Kier molecular flexibility index (Phi) is 5.01. The Labute approximate surface area is 131 Å². The number of benzene rings is 1. The van der Waals surface area contributed by atoms with Gasteiger partial charge in [-0.05, 0) is 38.1 Å². The van der Waals surface area contributed by atoms with Crippen molar-refractivity contribution in [2.75, 3.05) is 19.6 Å². The van der Waals surface area contributed by atoms with Crippen LogP contribution in [0.25, 0.3) is 11.0 Å². The number of fused-ring (bicyclic) bond motifs is 1. The molecule has 1 heterocycles. The van der Waals surface area contributed by atoms with Gasteiger partial charge in [0.1, 0.15) is 5.58 Å². The van der Waals surface area contributed by atoms with Gasteiger partial charge in [0.15, 0.2) is 5.76 Å². The molecule has 2 rings (SSSR count). The van der Waals surface area contributed by atoms with E-state index in [-0.39, 0.29) is 24.1 Å². The van der Waals surface area contributed by atoms with E-state index in [1.807, 2.05) is 26.0 Å². The van der Waals surface area contributed by atoms with Crippen molar-refractivity contribution in [1.29, 1.82) is 0 Å². The molecule has 6 heteroatoms. The van der Waals surface area contributed by atoms with Crippen molar-refractivity contribution in [3.63, 3.8) is 0 Å². The number of rotatable bonds is 5. The molecule has 2 aromatic rings. The zero-order valence-corrected chi connectivity index (χ0v) is 13.6. The summed E-state index contributed by atoms with van der Waals surface area (Å²) in [4.78, 5) is 25.5. The normalized spacial score (nSPS) is 10.6. The number of amides is 2. The lowest BCUT2D eigenvalue weighted by Crippen LogP contribution is -2.40. The van der Waals surface area contributed by atoms with Crippen molar-refractivity contribution in [3.05, 3.63) is 34.5 Å². The summed E-state index contributed by atoms with van der Waals surface area (Å²) in [6.45, 7) is 4.69. The van der Waals surface area contributed by atoms with Gasteiger partial charge in [-0.3, -0.25) is 9.59 Å². The van der Waals surface area contributed by atoms with Gasteiger partial charge in [-0.25, -0.2) is 0 Å². The fourth-order valence-electron chi connectivity index (χ4n) is 2.03. The molecule has 5 nitrogen and oxygen atoms in total. The predicted molar refractivity (Wildman–Crippen MR) is 84.2 cm³/mol. The van der Waals surface area contributed by atoms with Gasteiger partial charge in [-0.1, -0.05) is 15.9 Å². The van der Waals surface area contributed by atoms with Gasteiger partial charge in [0, 0.05) is 22.9 Å². The number of nitrogens with zero attached hydrogens (tertiary/aromatic N) is 1. The van der Waals surface area contributed by atoms with Crippen molar-refractivity contribution in [2.45, 2.75) is 13.8 Å². The highest BCUT2D eigenvalue weighted by Crippen LogP contribution is 2.24. The summed E-state index contributed by atoms with van der Waals surface area (Å²) >= 11 is 3.38. The Morgan fingerprint density at radius 3 is 2.71 bits per heavy atom. The third-order valence-corrected chi connectivity index (χ3v) is 3.56. The largest absolute Gasteiger partial charge is 0.451 e. The van der Waals surface area contributed by atoms with E-state index in [4.69, 9.17) is 4.42 Å². The molecular weight excluding hydrogens is 336 g/mol. The molecule has 1 aromatic heterocycles. The summed E-state index contributed by atoms with van der Waals surface area (Å²) in [6, 6.07) is 7.24. The van der Waals surface area contributed by atoms with E-state index in [1.54, 1.807) is 12.1 Å². The second-order valence-corrected chi connectivity index (χ2v) is 5.48. The van der Waals surface area contributed by atoms with Gasteiger partial charge >= 0.3 is 0 Å². The van der Waals surface area contributed by atoms with Crippen molar-refractivity contribution >= 4 is 38.7 Å². The maximum atomic E-state index is 12.4. The molecule has 0 saturated heterocycles. The Morgan fingerprint density at radius 1 is 1.29 bits per heavy atom. The molecule has 0 atom stereocenters. The molecule has 0 aliphatic heterocycles. The minimum atomic E-state index is -0.281. The minimum absolute atomic E-state index is 0.0317. The van der Waals surface area contributed by atoms with Gasteiger partial charge < -0.3 is 14.6 Å². The van der Waals surface area contributed by atoms with Gasteiger partial charge in [0.25, 0.3) is 5.91 Å². The number of carbonyl (C=O) groups excluding carboxylic acids is 2. The van der Waals surface area contributed by atoms with Crippen LogP contribution >= 0.6 is 15.9 Å². The van der Waals surface area contributed by atoms with Crippen LogP contribution in [-0.2, 0) is 4.79 Å². The fraction of sp³-hybridized carbons (Fsp3) is 0.333. The van der Waals surface area contributed by atoms with Gasteiger partial charge in [-0.2, -0.15) is 0 Å². The van der Waals surface area contributed by atoms with E-state index < -0.39 is 0 Å². The number of likely N-dealkylation sites (N-methyl/N-ethyl adjacent to an activating group) is 2. The maximum absolute atomic E-state index is 12.4. The summed E-state index contributed by atoms with van der Waals surface area (Å²) in [6.07, 6.45) is 0. The van der Waals surface area contributed by atoms with Gasteiger partial charge in [0.2, 0.25) is 5.91 Å². The Balaban J connectivity index is 2.20. The van der Waals surface area contributed by atoms with E-state index in [0.717, 1.165) is 9.86 Å². The molecule has 0 aliphatic carbocycles. The Bertz CT molecular complexity index is 666. The van der Waals surface area contributed by atoms with Crippen LogP contribution in [0.1, 0.15) is 24.4 Å². The monoisotopic (exact) mass is 352 g/mol. The number of halogens is 1. The SMILES string of the molecule is CCNC(=O)CN(CC)C(=O)c1cc2cc(Br)ccc2o1. The van der Waals surface area contributed by atoms with Crippen LogP contribution in [0.3, 0.4) is 0 Å². The van der Waals surface area contributed by atoms with Crippen LogP contribution in [-0.4, -0.2) is 36.3 Å². The summed E-state index contributed by atoms with van der Waals surface area (Å²) in [5, 5.41) is 3.53. The summed E-state index contributed by atoms with van der Waals surface area (Å²) in [5.74, 6) is -0.211. The molecule has 0 aliphatic rings. The highest BCUT2D eigenvalue weighted by Gasteiger charge is 2.20. The summed E-state index contributed by atoms with van der Waals surface area (Å²) in [5.41, 5.74) is 0.649. The first-order chi connectivity index (χ1) is 10.0. The molecule has 1 aromatic carbocycles. The van der Waals surface area contributed by atoms with Crippen molar-refractivity contribution in [2.24, 2.45) is 0 Å². The fourth-order valence-corrected chi connectivity index (χ4v) is 2.41. The van der Waals surface area contributed by atoms with Crippen LogP contribution in [0.4, 0.5) is 0 Å². The summed E-state index contributed by atoms with van der Waals surface area (Å²) < 4.78 is 6.49. The van der Waals surface area contributed by atoms with Gasteiger partial charge in [-0.15, -0.1) is 0 Å². The van der Waals surface area contributed by atoms with E-state index in [0.29, 0.717) is 18.7 Å². The Morgan fingerprint density at radius 2 is 2.05 bits per heavy atom. The number of hydrogen-bond acceptors (Lipinski definition) is 3. The smallest absolute Gasteiger partial charge is 0.290 e. The molecule has 0 unspecified atom stereocenters. The molecule has 0 bridgehead atoms. The van der Waals surface area contributed by atoms with Crippen LogP contribution < -0.4 is 5.32 Å². The standard InChI is InChI=1S/C15H17BrN2O3/c1-3-17-14(19)9-18(4-2)15(20)13-8-10-7-11(16)5-6-12(10)21-13/h5-8H,3-4,9H2,1-2H3,(H,17,19). The minimum Gasteiger partial charge on any atom is -0.451 e. The van der Waals surface area contributed by atoms with E-state index >= 15 is 0 Å². The number of carbonyl (C=O) groups is 2. The topological polar surface area (TPSA) is 62.6 Å². The molecule has 0 fully saturated rings. The lowest BCUT2D eigenvalue weighted by atomic mass is 10.2. The maximum Gasteiger partial charge on any atom is 0.290 e. The third-order valence-electron chi connectivity index (χ3n) is 3.07. The zero-order chi connectivity index (χ0) is 15.4. The molecule has 0 radical (unpaired) electrons. The van der Waals surface area contributed by atoms with E-state index in [2.05, 4.69) is 21.2 Å². The second-order valence-electron chi connectivity index (χ2n) is 4.57. The molecule has 2 amide bonds. The van der Waals surface area contributed by atoms with Crippen molar-refractivity contribution in [3.8, 4) is 0 Å². The number of furan rings is 1. The second kappa shape index (κ2) is 6.76. The van der Waals surface area contributed by atoms with Gasteiger partial charge in [0.05, 0.1) is 6.54 Å². The average Bonchev–Trinajstić information content (AvgIpc) is 2.87. The summed E-state index contributed by atoms with van der Waals surface area (Å²) in [7, 11) is 0. The first-order valence-corrected chi connectivity index (χ1v) is 7.59. The third kappa shape index (κ3) is 3.64. The highest BCUT2D eigenvalue weighted by molar-refractivity contribution is 9.10. The first kappa shape index (κ1) is 15.6. The molecule has 112 valence electrons. The lowest BCUT2D eigenvalue weighted by molar-refractivity contribution is -0.121. The number of hydrogen-bond donors (Lipinski definition) is 1. The predicted octanol–water partition coefficient (Wildman–Crippen LogP) is 2.79. The quantitative estimate of drug-likeness (QED) is 0.899. The van der Waals surface area contributed by atoms with Crippen LogP contribution in [0.15, 0.2) is 33.2 Å². The lowest BCUT2D eigenvalue weighted by Gasteiger charge is -2.18. The Hall–Kier alpha value is -1.82. The molecule has 0 saturated carbocycles. The zero-order valence-electron chi connectivity index (χ0n) is 12.0.